The maximum absolute atomic E-state index is 12.2. The fourth-order valence-electron chi connectivity index (χ4n) is 3.66. The fourth-order valence-corrected chi connectivity index (χ4v) is 3.66. The van der Waals surface area contributed by atoms with Crippen molar-refractivity contribution in [3.63, 3.8) is 0 Å². The molecule has 0 saturated carbocycles. The second-order valence-electron chi connectivity index (χ2n) is 9.17. The molecule has 2 aromatic rings. The van der Waals surface area contributed by atoms with Crippen molar-refractivity contribution in [2.45, 2.75) is 65.6 Å². The van der Waals surface area contributed by atoms with Crippen molar-refractivity contribution in [3.8, 4) is 0 Å². The van der Waals surface area contributed by atoms with E-state index in [0.29, 0.717) is 18.6 Å². The molecule has 1 N–H and O–H groups in total. The van der Waals surface area contributed by atoms with Crippen molar-refractivity contribution in [3.05, 3.63) is 40.0 Å². The van der Waals surface area contributed by atoms with Crippen LogP contribution in [0.15, 0.2) is 29.8 Å². The molecule has 3 rings (SSSR count). The van der Waals surface area contributed by atoms with Gasteiger partial charge in [0, 0.05) is 37.8 Å². The van der Waals surface area contributed by atoms with Crippen LogP contribution in [0.5, 0.6) is 0 Å². The Hall–Kier alpha value is -3.10. The van der Waals surface area contributed by atoms with Gasteiger partial charge in [0.15, 0.2) is 0 Å². The number of hydrogen-bond donors (Lipinski definition) is 1. The molecule has 1 unspecified atom stereocenters. The number of alkyl carbamates (subject to hydrolysis) is 1. The summed E-state index contributed by atoms with van der Waals surface area (Å²) in [5.41, 5.74) is 2.08. The average molecular weight is 430 g/mol. The zero-order valence-corrected chi connectivity index (χ0v) is 18.8. The normalized spacial score (nSPS) is 16.8. The minimum absolute atomic E-state index is 0.0421. The first-order valence-electron chi connectivity index (χ1n) is 10.6. The highest BCUT2D eigenvalue weighted by Crippen LogP contribution is 2.28. The van der Waals surface area contributed by atoms with Crippen LogP contribution in [-0.2, 0) is 11.3 Å². The van der Waals surface area contributed by atoms with Gasteiger partial charge in [-0.1, -0.05) is 11.6 Å². The molecule has 1 aliphatic heterocycles. The van der Waals surface area contributed by atoms with Crippen LogP contribution in [0.4, 0.5) is 16.4 Å². The van der Waals surface area contributed by atoms with E-state index in [-0.39, 0.29) is 16.7 Å². The van der Waals surface area contributed by atoms with Gasteiger partial charge in [0.2, 0.25) is 5.95 Å². The zero-order valence-electron chi connectivity index (χ0n) is 18.8. The number of fused-ring (bicyclic) bond motifs is 1. The van der Waals surface area contributed by atoms with Gasteiger partial charge in [0.1, 0.15) is 5.60 Å². The first-order valence-corrected chi connectivity index (χ1v) is 10.6. The van der Waals surface area contributed by atoms with Crippen molar-refractivity contribution in [2.75, 3.05) is 18.0 Å². The van der Waals surface area contributed by atoms with Gasteiger partial charge in [-0.3, -0.25) is 10.1 Å². The molecule has 1 fully saturated rings. The molecular weight excluding hydrogens is 398 g/mol. The van der Waals surface area contributed by atoms with Crippen LogP contribution in [0.3, 0.4) is 0 Å². The molecule has 9 heteroatoms. The molecule has 0 bridgehead atoms. The minimum atomic E-state index is -0.550. The van der Waals surface area contributed by atoms with Gasteiger partial charge < -0.3 is 19.5 Å². The minimum Gasteiger partial charge on any atom is -0.444 e. The largest absolute Gasteiger partial charge is 0.444 e. The quantitative estimate of drug-likeness (QED) is 0.429. The standard InChI is InChI=1S/C22H31N5O4/c1-15(2)10-12-26-19-13-17(27(29)30)8-9-18(19)24-20(26)25-11-6-7-16(14-25)23-21(28)31-22(3,4)5/h8-10,13,16H,6-7,11-12,14H2,1-5H3,(H,23,28). The highest BCUT2D eigenvalue weighted by atomic mass is 16.6. The van der Waals surface area contributed by atoms with Gasteiger partial charge in [-0.15, -0.1) is 0 Å². The van der Waals surface area contributed by atoms with Gasteiger partial charge in [-0.25, -0.2) is 9.78 Å². The number of benzene rings is 1. The molecule has 1 aliphatic rings. The molecule has 1 aromatic carbocycles. The Kier molecular flexibility index (Phi) is 6.52. The molecule has 1 amide bonds. The highest BCUT2D eigenvalue weighted by Gasteiger charge is 2.27. The molecule has 1 saturated heterocycles. The molecule has 0 radical (unpaired) electrons. The number of hydrogen-bond acceptors (Lipinski definition) is 6. The Morgan fingerprint density at radius 2 is 2.13 bits per heavy atom. The summed E-state index contributed by atoms with van der Waals surface area (Å²) >= 11 is 0. The lowest BCUT2D eigenvalue weighted by Gasteiger charge is -2.34. The van der Waals surface area contributed by atoms with Crippen molar-refractivity contribution < 1.29 is 14.5 Å². The van der Waals surface area contributed by atoms with Gasteiger partial charge >= 0.3 is 6.09 Å². The summed E-state index contributed by atoms with van der Waals surface area (Å²) in [6.07, 6.45) is 3.40. The fraction of sp³-hybridized carbons (Fsp3) is 0.545. The van der Waals surface area contributed by atoms with E-state index < -0.39 is 11.7 Å². The van der Waals surface area contributed by atoms with Crippen molar-refractivity contribution in [1.82, 2.24) is 14.9 Å². The van der Waals surface area contributed by atoms with Gasteiger partial charge in [0.05, 0.1) is 16.0 Å². The van der Waals surface area contributed by atoms with Crippen LogP contribution >= 0.6 is 0 Å². The van der Waals surface area contributed by atoms with Crippen LogP contribution in [0.1, 0.15) is 47.5 Å². The number of carbonyl (C=O) groups is 1. The zero-order chi connectivity index (χ0) is 22.8. The van der Waals surface area contributed by atoms with E-state index in [9.17, 15) is 14.9 Å². The molecule has 1 aromatic heterocycles. The number of ether oxygens (including phenoxy) is 1. The van der Waals surface area contributed by atoms with E-state index >= 15 is 0 Å². The summed E-state index contributed by atoms with van der Waals surface area (Å²) in [4.78, 5) is 30.0. The molecule has 1 atom stereocenters. The molecular formula is C22H31N5O4. The summed E-state index contributed by atoms with van der Waals surface area (Å²) in [7, 11) is 0. The van der Waals surface area contributed by atoms with Crippen molar-refractivity contribution in [2.24, 2.45) is 0 Å². The van der Waals surface area contributed by atoms with Crippen LogP contribution in [0.25, 0.3) is 11.0 Å². The first-order chi connectivity index (χ1) is 14.5. The maximum atomic E-state index is 12.2. The molecule has 0 aliphatic carbocycles. The summed E-state index contributed by atoms with van der Waals surface area (Å²) in [6.45, 7) is 11.5. The lowest BCUT2D eigenvalue weighted by Crippen LogP contribution is -2.49. The first kappa shape index (κ1) is 22.6. The summed E-state index contributed by atoms with van der Waals surface area (Å²) < 4.78 is 7.40. The second kappa shape index (κ2) is 8.95. The Morgan fingerprint density at radius 3 is 2.77 bits per heavy atom. The number of nitro groups is 1. The number of nitrogens with one attached hydrogen (secondary N) is 1. The van der Waals surface area contributed by atoms with E-state index in [2.05, 4.69) is 16.3 Å². The lowest BCUT2D eigenvalue weighted by atomic mass is 10.1. The average Bonchev–Trinajstić information content (AvgIpc) is 3.02. The number of anilines is 1. The topological polar surface area (TPSA) is 103 Å². The SMILES string of the molecule is CC(C)=CCn1c(N2CCCC(NC(=O)OC(C)(C)C)C2)nc2ccc([N+](=O)[O-])cc21. The van der Waals surface area contributed by atoms with Crippen LogP contribution < -0.4 is 10.2 Å². The van der Waals surface area contributed by atoms with Crippen molar-refractivity contribution in [1.29, 1.82) is 0 Å². The van der Waals surface area contributed by atoms with Crippen molar-refractivity contribution >= 4 is 28.8 Å². The maximum Gasteiger partial charge on any atom is 0.407 e. The monoisotopic (exact) mass is 429 g/mol. The van der Waals surface area contributed by atoms with Crippen LogP contribution in [0.2, 0.25) is 0 Å². The number of carbonyl (C=O) groups excluding carboxylic acids is 1. The number of imidazole rings is 1. The molecule has 168 valence electrons. The van der Waals surface area contributed by atoms with E-state index in [1.807, 2.05) is 39.2 Å². The number of amides is 1. The van der Waals surface area contributed by atoms with E-state index in [1.54, 1.807) is 12.1 Å². The van der Waals surface area contributed by atoms with Gasteiger partial charge in [0.25, 0.3) is 5.69 Å². The van der Waals surface area contributed by atoms with Crippen LogP contribution in [0, 0.1) is 10.1 Å². The Bertz CT molecular complexity index is 1000. The molecule has 2 heterocycles. The Labute approximate surface area is 182 Å². The second-order valence-corrected chi connectivity index (χ2v) is 9.17. The molecule has 31 heavy (non-hydrogen) atoms. The third-order valence-corrected chi connectivity index (χ3v) is 5.03. The number of nitro benzene ring substituents is 1. The Morgan fingerprint density at radius 1 is 1.39 bits per heavy atom. The number of allylic oxidation sites excluding steroid dienone is 2. The van der Waals surface area contributed by atoms with E-state index in [0.717, 1.165) is 36.4 Å². The summed E-state index contributed by atoms with van der Waals surface area (Å²) in [6, 6.07) is 4.68. The predicted molar refractivity (Wildman–Crippen MR) is 120 cm³/mol. The van der Waals surface area contributed by atoms with E-state index in [4.69, 9.17) is 9.72 Å². The number of non-ortho nitro benzene ring substituents is 1. The number of nitrogens with zero attached hydrogens (tertiary/aromatic N) is 4. The van der Waals surface area contributed by atoms with Crippen LogP contribution in [-0.4, -0.2) is 45.3 Å². The predicted octanol–water partition coefficient (Wildman–Crippen LogP) is 4.40. The summed E-state index contributed by atoms with van der Waals surface area (Å²) in [5, 5.41) is 14.2. The van der Waals surface area contributed by atoms with Gasteiger partial charge in [-0.05, 0) is 53.5 Å². The number of piperidine rings is 1. The van der Waals surface area contributed by atoms with Gasteiger partial charge in [-0.2, -0.15) is 0 Å². The Balaban J connectivity index is 1.89. The number of aromatic nitrogens is 2. The smallest absolute Gasteiger partial charge is 0.407 e. The number of rotatable bonds is 5. The third-order valence-electron chi connectivity index (χ3n) is 5.03. The van der Waals surface area contributed by atoms with E-state index in [1.165, 1.54) is 6.07 Å². The molecule has 9 nitrogen and oxygen atoms in total. The lowest BCUT2D eigenvalue weighted by molar-refractivity contribution is -0.384. The molecule has 0 spiro atoms. The summed E-state index contributed by atoms with van der Waals surface area (Å²) in [5.74, 6) is 0.753. The third kappa shape index (κ3) is 5.74. The highest BCUT2D eigenvalue weighted by molar-refractivity contribution is 5.81.